The number of anilines is 1. The van der Waals surface area contributed by atoms with Crippen molar-refractivity contribution in [3.8, 4) is 11.5 Å². The third-order valence-corrected chi connectivity index (χ3v) is 4.20. The number of aryl methyl sites for hydroxylation is 1. The molecule has 1 atom stereocenters. The van der Waals surface area contributed by atoms with Gasteiger partial charge in [-0.25, -0.2) is 9.97 Å². The highest BCUT2D eigenvalue weighted by Crippen LogP contribution is 2.43. The third kappa shape index (κ3) is 1.91. The fourth-order valence-electron chi connectivity index (χ4n) is 3.29. The molecule has 0 spiro atoms. The average Bonchev–Trinajstić information content (AvgIpc) is 2.94. The van der Waals surface area contributed by atoms with Gasteiger partial charge in [-0.1, -0.05) is 12.1 Å². The van der Waals surface area contributed by atoms with Gasteiger partial charge in [-0.05, 0) is 19.4 Å². The number of rotatable bonds is 1. The molecule has 6 nitrogen and oxygen atoms in total. The quantitative estimate of drug-likeness (QED) is 0.866. The van der Waals surface area contributed by atoms with Crippen molar-refractivity contribution in [3.63, 3.8) is 0 Å². The van der Waals surface area contributed by atoms with Gasteiger partial charge >= 0.3 is 0 Å². The van der Waals surface area contributed by atoms with Crippen LogP contribution in [0.4, 0.5) is 5.95 Å². The van der Waals surface area contributed by atoms with E-state index in [0.717, 1.165) is 22.8 Å². The Bertz CT molecular complexity index is 788. The third-order valence-electron chi connectivity index (χ3n) is 4.20. The van der Waals surface area contributed by atoms with E-state index < -0.39 is 0 Å². The molecular formula is C16H15N3O3. The summed E-state index contributed by atoms with van der Waals surface area (Å²) in [7, 11) is 0. The molecule has 0 radical (unpaired) electrons. The number of para-hydroxylation sites is 1. The number of nitrogens with two attached hydrogens (primary N) is 1. The number of ether oxygens (including phenoxy) is 2. The number of hydrogen-bond donors (Lipinski definition) is 1. The minimum Gasteiger partial charge on any atom is -0.454 e. The first kappa shape index (κ1) is 13.1. The van der Waals surface area contributed by atoms with Gasteiger partial charge in [-0.15, -0.1) is 0 Å². The highest BCUT2D eigenvalue weighted by atomic mass is 16.7. The van der Waals surface area contributed by atoms with Gasteiger partial charge in [0.1, 0.15) is 0 Å². The monoisotopic (exact) mass is 297 g/mol. The summed E-state index contributed by atoms with van der Waals surface area (Å²) in [6, 6.07) is 5.77. The second-order valence-corrected chi connectivity index (χ2v) is 5.60. The first-order valence-electron chi connectivity index (χ1n) is 7.18. The van der Waals surface area contributed by atoms with Crippen LogP contribution in [0.3, 0.4) is 0 Å². The smallest absolute Gasteiger partial charge is 0.231 e. The van der Waals surface area contributed by atoms with E-state index in [9.17, 15) is 4.79 Å². The Balaban J connectivity index is 1.78. The maximum absolute atomic E-state index is 12.5. The molecule has 112 valence electrons. The SMILES string of the molecule is Cc1nc(N)nc2c1C(=O)CC(c1cccc3c1OCO3)C2. The van der Waals surface area contributed by atoms with Crippen molar-refractivity contribution in [2.45, 2.75) is 25.7 Å². The number of aromatic nitrogens is 2. The van der Waals surface area contributed by atoms with E-state index in [1.807, 2.05) is 18.2 Å². The normalized spacial score (nSPS) is 19.1. The second-order valence-electron chi connectivity index (χ2n) is 5.60. The Morgan fingerprint density at radius 3 is 2.95 bits per heavy atom. The molecule has 2 aliphatic rings. The summed E-state index contributed by atoms with van der Waals surface area (Å²) in [4.78, 5) is 20.9. The van der Waals surface area contributed by atoms with Crippen molar-refractivity contribution < 1.29 is 14.3 Å². The first-order valence-corrected chi connectivity index (χ1v) is 7.18. The van der Waals surface area contributed by atoms with Crippen LogP contribution < -0.4 is 15.2 Å². The highest BCUT2D eigenvalue weighted by Gasteiger charge is 2.32. The van der Waals surface area contributed by atoms with Crippen LogP contribution >= 0.6 is 0 Å². The molecule has 6 heteroatoms. The lowest BCUT2D eigenvalue weighted by Gasteiger charge is -2.24. The van der Waals surface area contributed by atoms with Crippen molar-refractivity contribution >= 4 is 11.7 Å². The minimum absolute atomic E-state index is 0.0188. The van der Waals surface area contributed by atoms with Crippen molar-refractivity contribution in [3.05, 3.63) is 40.7 Å². The number of carbonyl (C=O) groups is 1. The van der Waals surface area contributed by atoms with E-state index in [2.05, 4.69) is 9.97 Å². The summed E-state index contributed by atoms with van der Waals surface area (Å²) in [5.41, 5.74) is 8.72. The van der Waals surface area contributed by atoms with Gasteiger partial charge in [0, 0.05) is 17.9 Å². The molecule has 2 N–H and O–H groups in total. The lowest BCUT2D eigenvalue weighted by Crippen LogP contribution is -2.23. The Labute approximate surface area is 127 Å². The standard InChI is InChI=1S/C16H15N3O3/c1-8-14-11(19-16(17)18-8)5-9(6-12(14)20)10-3-2-4-13-15(10)22-7-21-13/h2-4,9H,5-7H2,1H3,(H2,17,18,19). The first-order chi connectivity index (χ1) is 10.6. The van der Waals surface area contributed by atoms with Gasteiger partial charge in [0.15, 0.2) is 17.3 Å². The second kappa shape index (κ2) is 4.69. The van der Waals surface area contributed by atoms with Crippen molar-refractivity contribution in [1.82, 2.24) is 9.97 Å². The molecule has 0 saturated carbocycles. The zero-order valence-corrected chi connectivity index (χ0v) is 12.1. The molecule has 1 aromatic heterocycles. The molecule has 1 unspecified atom stereocenters. The summed E-state index contributed by atoms with van der Waals surface area (Å²) in [6.07, 6.45) is 1.06. The van der Waals surface area contributed by atoms with Gasteiger partial charge < -0.3 is 15.2 Å². The number of benzene rings is 1. The van der Waals surface area contributed by atoms with Crippen LogP contribution in [-0.2, 0) is 6.42 Å². The van der Waals surface area contributed by atoms with E-state index in [-0.39, 0.29) is 24.4 Å². The van der Waals surface area contributed by atoms with E-state index >= 15 is 0 Å². The fourth-order valence-corrected chi connectivity index (χ4v) is 3.29. The number of nitrogen functional groups attached to an aromatic ring is 1. The van der Waals surface area contributed by atoms with Gasteiger partial charge in [0.25, 0.3) is 0 Å². The van der Waals surface area contributed by atoms with Gasteiger partial charge in [-0.2, -0.15) is 0 Å². The molecule has 0 saturated heterocycles. The molecule has 1 aromatic carbocycles. The summed E-state index contributed by atoms with van der Waals surface area (Å²) < 4.78 is 11.0. The Kier molecular flexibility index (Phi) is 2.79. The number of carbonyl (C=O) groups excluding carboxylic acids is 1. The number of fused-ring (bicyclic) bond motifs is 2. The Hall–Kier alpha value is -2.63. The zero-order chi connectivity index (χ0) is 15.3. The van der Waals surface area contributed by atoms with Crippen LogP contribution in [-0.4, -0.2) is 22.5 Å². The molecule has 1 aliphatic carbocycles. The van der Waals surface area contributed by atoms with E-state index in [1.165, 1.54) is 0 Å². The van der Waals surface area contributed by atoms with Crippen molar-refractivity contribution in [1.29, 1.82) is 0 Å². The Morgan fingerprint density at radius 1 is 1.23 bits per heavy atom. The summed E-state index contributed by atoms with van der Waals surface area (Å²) in [5, 5.41) is 0. The van der Waals surface area contributed by atoms with Crippen LogP contribution in [0.5, 0.6) is 11.5 Å². The predicted octanol–water partition coefficient (Wildman–Crippen LogP) is 2.01. The lowest BCUT2D eigenvalue weighted by atomic mass is 9.81. The van der Waals surface area contributed by atoms with Crippen LogP contribution in [0, 0.1) is 6.92 Å². The maximum Gasteiger partial charge on any atom is 0.231 e. The Morgan fingerprint density at radius 2 is 2.09 bits per heavy atom. The van der Waals surface area contributed by atoms with Gasteiger partial charge in [0.05, 0.1) is 17.0 Å². The van der Waals surface area contributed by atoms with E-state index in [4.69, 9.17) is 15.2 Å². The lowest BCUT2D eigenvalue weighted by molar-refractivity contribution is 0.0961. The maximum atomic E-state index is 12.5. The van der Waals surface area contributed by atoms with Crippen LogP contribution in [0.2, 0.25) is 0 Å². The summed E-state index contributed by atoms with van der Waals surface area (Å²) >= 11 is 0. The van der Waals surface area contributed by atoms with E-state index in [1.54, 1.807) is 6.92 Å². The topological polar surface area (TPSA) is 87.3 Å². The molecule has 0 amide bonds. The molecule has 22 heavy (non-hydrogen) atoms. The minimum atomic E-state index is 0.0188. The molecule has 1 aliphatic heterocycles. The van der Waals surface area contributed by atoms with Gasteiger partial charge in [-0.3, -0.25) is 4.79 Å². The van der Waals surface area contributed by atoms with Crippen LogP contribution in [0.1, 0.15) is 39.6 Å². The zero-order valence-electron chi connectivity index (χ0n) is 12.1. The predicted molar refractivity (Wildman–Crippen MR) is 79.1 cm³/mol. The number of nitrogens with zero attached hydrogens (tertiary/aromatic N) is 2. The van der Waals surface area contributed by atoms with E-state index in [0.29, 0.717) is 24.1 Å². The van der Waals surface area contributed by atoms with Crippen LogP contribution in [0.25, 0.3) is 0 Å². The molecule has 0 fully saturated rings. The van der Waals surface area contributed by atoms with Crippen molar-refractivity contribution in [2.24, 2.45) is 0 Å². The summed E-state index contributed by atoms with van der Waals surface area (Å²) in [5.74, 6) is 1.75. The largest absolute Gasteiger partial charge is 0.454 e. The van der Waals surface area contributed by atoms with Crippen molar-refractivity contribution in [2.75, 3.05) is 12.5 Å². The number of ketones is 1. The van der Waals surface area contributed by atoms with Gasteiger partial charge in [0.2, 0.25) is 12.7 Å². The molecule has 4 rings (SSSR count). The fraction of sp³-hybridized carbons (Fsp3) is 0.312. The van der Waals surface area contributed by atoms with Crippen LogP contribution in [0.15, 0.2) is 18.2 Å². The summed E-state index contributed by atoms with van der Waals surface area (Å²) in [6.45, 7) is 2.02. The number of Topliss-reactive ketones (excluding diaryl/α,β-unsaturated/α-hetero) is 1. The number of hydrogen-bond acceptors (Lipinski definition) is 6. The molecule has 2 aromatic rings. The molecule has 2 heterocycles. The highest BCUT2D eigenvalue weighted by molar-refractivity contribution is 5.99. The molecular weight excluding hydrogens is 282 g/mol. The average molecular weight is 297 g/mol. The molecule has 0 bridgehead atoms.